The van der Waals surface area contributed by atoms with Gasteiger partial charge >= 0.3 is 0 Å². The topological polar surface area (TPSA) is 29.1 Å². The molecule has 2 bridgehead atoms. The van der Waals surface area contributed by atoms with Gasteiger partial charge in [-0.25, -0.2) is 0 Å². The maximum absolute atomic E-state index is 11.3. The highest BCUT2D eigenvalue weighted by molar-refractivity contribution is 8.01. The Balaban J connectivity index is 1.81. The minimum atomic E-state index is 0.355. The van der Waals surface area contributed by atoms with E-state index in [1.807, 2.05) is 11.8 Å². The van der Waals surface area contributed by atoms with Gasteiger partial charge in [0.1, 0.15) is 5.78 Å². The molecule has 3 heteroatoms. The molecular weight excluding hydrogens is 182 g/mol. The van der Waals surface area contributed by atoms with Gasteiger partial charge in [0.05, 0.1) is 5.75 Å². The number of rotatable bonds is 0. The average molecular weight is 197 g/mol. The molecule has 3 saturated heterocycles. The summed E-state index contributed by atoms with van der Waals surface area (Å²) in [6, 6.07) is 1.44. The number of nitrogens with one attached hydrogen (secondary N) is 1. The van der Waals surface area contributed by atoms with E-state index in [0.29, 0.717) is 10.5 Å². The smallest absolute Gasteiger partial charge is 0.144 e. The van der Waals surface area contributed by atoms with Gasteiger partial charge in [-0.2, -0.15) is 0 Å². The zero-order valence-electron chi connectivity index (χ0n) is 7.71. The minimum absolute atomic E-state index is 0.355. The van der Waals surface area contributed by atoms with Gasteiger partial charge in [-0.1, -0.05) is 0 Å². The van der Waals surface area contributed by atoms with Gasteiger partial charge in [-0.15, -0.1) is 11.8 Å². The van der Waals surface area contributed by atoms with Crippen molar-refractivity contribution in [3.63, 3.8) is 0 Å². The predicted octanol–water partition coefficient (Wildman–Crippen LogP) is 1.35. The van der Waals surface area contributed by atoms with Crippen molar-refractivity contribution < 1.29 is 4.79 Å². The van der Waals surface area contributed by atoms with E-state index in [-0.39, 0.29) is 0 Å². The molecule has 0 amide bonds. The lowest BCUT2D eigenvalue weighted by atomic mass is 9.88. The summed E-state index contributed by atoms with van der Waals surface area (Å²) in [5.74, 6) is 1.26. The molecule has 1 N–H and O–H groups in total. The molecule has 0 aromatic carbocycles. The maximum Gasteiger partial charge on any atom is 0.144 e. The second-order valence-corrected chi connectivity index (χ2v) is 6.18. The molecule has 72 valence electrons. The predicted molar refractivity (Wildman–Crippen MR) is 54.0 cm³/mol. The summed E-state index contributed by atoms with van der Waals surface area (Å²) >= 11 is 1.93. The highest BCUT2D eigenvalue weighted by Crippen LogP contribution is 2.48. The molecule has 3 heterocycles. The first-order valence-corrected chi connectivity index (χ1v) is 6.16. The molecule has 2 atom stereocenters. The Morgan fingerprint density at radius 3 is 2.54 bits per heavy atom. The van der Waals surface area contributed by atoms with Crippen LogP contribution < -0.4 is 5.32 Å². The van der Waals surface area contributed by atoms with Crippen LogP contribution in [0.2, 0.25) is 0 Å². The number of piperidine rings is 1. The monoisotopic (exact) mass is 197 g/mol. The van der Waals surface area contributed by atoms with Crippen LogP contribution >= 0.6 is 11.8 Å². The summed E-state index contributed by atoms with van der Waals surface area (Å²) in [6.45, 7) is 0. The lowest BCUT2D eigenvalue weighted by Gasteiger charge is -2.36. The summed E-state index contributed by atoms with van der Waals surface area (Å²) in [6.07, 6.45) is 5.99. The number of carbonyl (C=O) groups excluding carboxylic acids is 1. The van der Waals surface area contributed by atoms with Crippen LogP contribution in [0.5, 0.6) is 0 Å². The number of hydrogen-bond acceptors (Lipinski definition) is 3. The van der Waals surface area contributed by atoms with Crippen molar-refractivity contribution in [1.29, 1.82) is 0 Å². The third-order valence-electron chi connectivity index (χ3n) is 3.63. The lowest BCUT2D eigenvalue weighted by Crippen LogP contribution is -2.45. The second-order valence-electron chi connectivity index (χ2n) is 4.73. The molecule has 0 aromatic heterocycles. The first-order valence-electron chi connectivity index (χ1n) is 5.18. The van der Waals surface area contributed by atoms with E-state index in [9.17, 15) is 4.79 Å². The molecule has 2 nitrogen and oxygen atoms in total. The Bertz CT molecular complexity index is 241. The van der Waals surface area contributed by atoms with E-state index in [1.165, 1.54) is 25.7 Å². The standard InChI is InChI=1S/C10H15NOS/c12-9-5-10(13-6-9)3-7-1-2-8(4-10)11-7/h7-8,11H,1-6H2. The molecule has 2 unspecified atom stereocenters. The van der Waals surface area contributed by atoms with Crippen LogP contribution in [-0.2, 0) is 4.79 Å². The Labute approximate surface area is 82.8 Å². The van der Waals surface area contributed by atoms with Crippen molar-refractivity contribution in [2.24, 2.45) is 0 Å². The van der Waals surface area contributed by atoms with E-state index in [1.54, 1.807) is 0 Å². The molecule has 0 aliphatic carbocycles. The SMILES string of the molecule is O=C1CSC2(C1)CC1CCC(C2)N1. The molecule has 13 heavy (non-hydrogen) atoms. The van der Waals surface area contributed by atoms with Crippen molar-refractivity contribution in [2.45, 2.75) is 48.9 Å². The van der Waals surface area contributed by atoms with Crippen LogP contribution in [-0.4, -0.2) is 28.4 Å². The number of fused-ring (bicyclic) bond motifs is 2. The summed E-state index contributed by atoms with van der Waals surface area (Å²) in [7, 11) is 0. The molecule has 1 spiro atoms. The fraction of sp³-hybridized carbons (Fsp3) is 0.900. The largest absolute Gasteiger partial charge is 0.311 e. The number of thioether (sulfide) groups is 1. The molecule has 3 aliphatic heterocycles. The van der Waals surface area contributed by atoms with Gasteiger partial charge in [0.15, 0.2) is 0 Å². The number of Topliss-reactive ketones (excluding diaryl/α,β-unsaturated/α-hetero) is 1. The summed E-state index contributed by atoms with van der Waals surface area (Å²) in [4.78, 5) is 11.3. The fourth-order valence-electron chi connectivity index (χ4n) is 3.16. The number of hydrogen-bond donors (Lipinski definition) is 1. The highest BCUT2D eigenvalue weighted by Gasteiger charge is 2.47. The van der Waals surface area contributed by atoms with Crippen molar-refractivity contribution in [2.75, 3.05) is 5.75 Å². The molecular formula is C10H15NOS. The molecule has 0 aromatic rings. The van der Waals surface area contributed by atoms with Crippen LogP contribution in [0.4, 0.5) is 0 Å². The quantitative estimate of drug-likeness (QED) is 0.635. The zero-order chi connectivity index (χ0) is 8.89. The first kappa shape index (κ1) is 8.30. The Hall–Kier alpha value is -0.0200. The zero-order valence-corrected chi connectivity index (χ0v) is 8.53. The van der Waals surface area contributed by atoms with Crippen LogP contribution in [0.1, 0.15) is 32.1 Å². The first-order chi connectivity index (χ1) is 6.26. The fourth-order valence-corrected chi connectivity index (χ4v) is 4.63. The summed E-state index contributed by atoms with van der Waals surface area (Å²) < 4.78 is 0.355. The van der Waals surface area contributed by atoms with Crippen LogP contribution in [0.3, 0.4) is 0 Å². The molecule has 0 saturated carbocycles. The molecule has 3 rings (SSSR count). The average Bonchev–Trinajstić information content (AvgIpc) is 2.58. The van der Waals surface area contributed by atoms with Crippen LogP contribution in [0.25, 0.3) is 0 Å². The highest BCUT2D eigenvalue weighted by atomic mass is 32.2. The third-order valence-corrected chi connectivity index (χ3v) is 5.19. The molecule has 3 fully saturated rings. The molecule has 0 radical (unpaired) electrons. The van der Waals surface area contributed by atoms with E-state index in [4.69, 9.17) is 0 Å². The Kier molecular flexibility index (Phi) is 1.75. The minimum Gasteiger partial charge on any atom is -0.311 e. The Morgan fingerprint density at radius 2 is 2.00 bits per heavy atom. The van der Waals surface area contributed by atoms with Crippen molar-refractivity contribution >= 4 is 17.5 Å². The van der Waals surface area contributed by atoms with Crippen molar-refractivity contribution in [3.8, 4) is 0 Å². The maximum atomic E-state index is 11.3. The lowest BCUT2D eigenvalue weighted by molar-refractivity contribution is -0.116. The second kappa shape index (κ2) is 2.74. The van der Waals surface area contributed by atoms with Crippen molar-refractivity contribution in [1.82, 2.24) is 5.32 Å². The van der Waals surface area contributed by atoms with Gasteiger partial charge in [-0.3, -0.25) is 4.79 Å². The van der Waals surface area contributed by atoms with Gasteiger partial charge in [-0.05, 0) is 25.7 Å². The normalized spacial score (nSPS) is 49.1. The van der Waals surface area contributed by atoms with Gasteiger partial charge in [0.2, 0.25) is 0 Å². The van der Waals surface area contributed by atoms with Gasteiger partial charge < -0.3 is 5.32 Å². The summed E-state index contributed by atoms with van der Waals surface area (Å²) in [5.41, 5.74) is 0. The van der Waals surface area contributed by atoms with E-state index >= 15 is 0 Å². The van der Waals surface area contributed by atoms with Crippen molar-refractivity contribution in [3.05, 3.63) is 0 Å². The van der Waals surface area contributed by atoms with Crippen LogP contribution in [0, 0.1) is 0 Å². The van der Waals surface area contributed by atoms with Gasteiger partial charge in [0, 0.05) is 23.3 Å². The van der Waals surface area contributed by atoms with E-state index in [0.717, 1.165) is 24.3 Å². The summed E-state index contributed by atoms with van der Waals surface area (Å²) in [5, 5.41) is 3.63. The van der Waals surface area contributed by atoms with Crippen LogP contribution in [0.15, 0.2) is 0 Å². The third kappa shape index (κ3) is 1.33. The number of ketones is 1. The van der Waals surface area contributed by atoms with E-state index in [2.05, 4.69) is 5.32 Å². The van der Waals surface area contributed by atoms with Gasteiger partial charge in [0.25, 0.3) is 0 Å². The Morgan fingerprint density at radius 1 is 1.31 bits per heavy atom. The van der Waals surface area contributed by atoms with E-state index < -0.39 is 0 Å². The molecule has 3 aliphatic rings. The number of carbonyl (C=O) groups is 1.